The van der Waals surface area contributed by atoms with Gasteiger partial charge in [0.05, 0.1) is 12.4 Å². The van der Waals surface area contributed by atoms with Crippen molar-refractivity contribution in [3.8, 4) is 0 Å². The van der Waals surface area contributed by atoms with E-state index in [-0.39, 0.29) is 11.6 Å². The number of aromatic nitrogens is 3. The molecule has 0 aliphatic carbocycles. The number of hydrogen-bond donors (Lipinski definition) is 3. The predicted molar refractivity (Wildman–Crippen MR) is 70.1 cm³/mol. The van der Waals surface area contributed by atoms with Crippen LogP contribution in [0.15, 0.2) is 36.9 Å². The van der Waals surface area contributed by atoms with Crippen LogP contribution in [0.5, 0.6) is 0 Å². The highest BCUT2D eigenvalue weighted by Crippen LogP contribution is 2.00. The van der Waals surface area contributed by atoms with Gasteiger partial charge in [-0.05, 0) is 18.1 Å². The molecule has 0 aromatic carbocycles. The summed E-state index contributed by atoms with van der Waals surface area (Å²) >= 11 is 0. The Morgan fingerprint density at radius 2 is 2.16 bits per heavy atom. The van der Waals surface area contributed by atoms with Gasteiger partial charge in [0.2, 0.25) is 0 Å². The van der Waals surface area contributed by atoms with Crippen molar-refractivity contribution in [3.63, 3.8) is 0 Å². The van der Waals surface area contributed by atoms with E-state index < -0.39 is 0 Å². The van der Waals surface area contributed by atoms with Crippen molar-refractivity contribution in [1.29, 1.82) is 0 Å². The molecular formula is C12H14N6O. The minimum atomic E-state index is -0.284. The normalized spacial score (nSPS) is 9.95. The summed E-state index contributed by atoms with van der Waals surface area (Å²) in [7, 11) is 0. The highest BCUT2D eigenvalue weighted by Gasteiger charge is 2.07. The Labute approximate surface area is 110 Å². The van der Waals surface area contributed by atoms with Gasteiger partial charge in [0, 0.05) is 18.9 Å². The third-order valence-electron chi connectivity index (χ3n) is 2.44. The SMILES string of the molecule is NNc1cncc(C(=O)NCCc2cccnc2)n1. The number of carbonyl (C=O) groups is 1. The summed E-state index contributed by atoms with van der Waals surface area (Å²) in [5.41, 5.74) is 3.63. The molecule has 2 heterocycles. The van der Waals surface area contributed by atoms with Crippen molar-refractivity contribution in [3.05, 3.63) is 48.2 Å². The van der Waals surface area contributed by atoms with Gasteiger partial charge in [-0.3, -0.25) is 14.8 Å². The summed E-state index contributed by atoms with van der Waals surface area (Å²) in [5.74, 6) is 5.27. The lowest BCUT2D eigenvalue weighted by molar-refractivity contribution is 0.0949. The minimum Gasteiger partial charge on any atom is -0.350 e. The molecular weight excluding hydrogens is 244 g/mol. The lowest BCUT2D eigenvalue weighted by Gasteiger charge is -2.05. The first kappa shape index (κ1) is 12.9. The number of hydrogen-bond acceptors (Lipinski definition) is 6. The second-order valence-electron chi connectivity index (χ2n) is 3.80. The average Bonchev–Trinajstić information content (AvgIpc) is 2.48. The fourth-order valence-electron chi connectivity index (χ4n) is 1.50. The maximum absolute atomic E-state index is 11.8. The molecule has 0 saturated heterocycles. The number of amides is 1. The number of anilines is 1. The summed E-state index contributed by atoms with van der Waals surface area (Å²) in [4.78, 5) is 23.7. The van der Waals surface area contributed by atoms with Crippen LogP contribution in [-0.2, 0) is 6.42 Å². The fourth-order valence-corrected chi connectivity index (χ4v) is 1.50. The molecule has 0 saturated carbocycles. The first-order valence-electron chi connectivity index (χ1n) is 5.75. The molecule has 7 nitrogen and oxygen atoms in total. The smallest absolute Gasteiger partial charge is 0.271 e. The number of nitrogens with zero attached hydrogens (tertiary/aromatic N) is 3. The highest BCUT2D eigenvalue weighted by atomic mass is 16.1. The number of nitrogens with one attached hydrogen (secondary N) is 2. The number of carbonyl (C=O) groups excluding carboxylic acids is 1. The standard InChI is InChI=1S/C12H14N6O/c13-18-11-8-15-7-10(17-11)12(19)16-5-3-9-2-1-4-14-6-9/h1-2,4,6-8H,3,5,13H2,(H,16,19)(H,17,18). The third-order valence-corrected chi connectivity index (χ3v) is 2.44. The van der Waals surface area contributed by atoms with Gasteiger partial charge in [-0.1, -0.05) is 6.07 Å². The quantitative estimate of drug-likeness (QED) is 0.520. The Morgan fingerprint density at radius 3 is 2.89 bits per heavy atom. The lowest BCUT2D eigenvalue weighted by atomic mass is 10.2. The van der Waals surface area contributed by atoms with E-state index in [1.807, 2.05) is 12.1 Å². The molecule has 7 heteroatoms. The minimum absolute atomic E-state index is 0.224. The lowest BCUT2D eigenvalue weighted by Crippen LogP contribution is -2.27. The van der Waals surface area contributed by atoms with E-state index >= 15 is 0 Å². The molecule has 0 atom stereocenters. The fraction of sp³-hybridized carbons (Fsp3) is 0.167. The molecule has 2 rings (SSSR count). The summed E-state index contributed by atoms with van der Waals surface area (Å²) < 4.78 is 0. The van der Waals surface area contributed by atoms with Gasteiger partial charge < -0.3 is 10.7 Å². The molecule has 2 aromatic rings. The van der Waals surface area contributed by atoms with Crippen molar-refractivity contribution in [2.75, 3.05) is 12.0 Å². The third kappa shape index (κ3) is 3.71. The Morgan fingerprint density at radius 1 is 1.26 bits per heavy atom. The van der Waals surface area contributed by atoms with Crippen LogP contribution in [0.3, 0.4) is 0 Å². The molecule has 0 aliphatic heterocycles. The first-order chi connectivity index (χ1) is 9.29. The first-order valence-corrected chi connectivity index (χ1v) is 5.75. The van der Waals surface area contributed by atoms with Crippen LogP contribution in [0.1, 0.15) is 16.1 Å². The maximum atomic E-state index is 11.8. The number of hydrazine groups is 1. The van der Waals surface area contributed by atoms with Gasteiger partial charge in [-0.25, -0.2) is 10.8 Å². The molecule has 98 valence electrons. The Hall–Kier alpha value is -2.54. The topological polar surface area (TPSA) is 106 Å². The van der Waals surface area contributed by atoms with Crippen LogP contribution in [0.2, 0.25) is 0 Å². The van der Waals surface area contributed by atoms with Crippen molar-refractivity contribution < 1.29 is 4.79 Å². The number of nitrogen functional groups attached to an aromatic ring is 1. The summed E-state index contributed by atoms with van der Waals surface area (Å²) in [5, 5.41) is 2.76. The summed E-state index contributed by atoms with van der Waals surface area (Å²) in [6.45, 7) is 0.506. The van der Waals surface area contributed by atoms with Crippen LogP contribution in [-0.4, -0.2) is 27.4 Å². The molecule has 0 unspecified atom stereocenters. The Balaban J connectivity index is 1.87. The molecule has 0 radical (unpaired) electrons. The van der Waals surface area contributed by atoms with E-state index in [1.54, 1.807) is 12.4 Å². The van der Waals surface area contributed by atoms with Crippen molar-refractivity contribution in [2.45, 2.75) is 6.42 Å². The molecule has 4 N–H and O–H groups in total. The second kappa shape index (κ2) is 6.41. The zero-order valence-corrected chi connectivity index (χ0v) is 10.2. The zero-order valence-electron chi connectivity index (χ0n) is 10.2. The van der Waals surface area contributed by atoms with Gasteiger partial charge in [-0.2, -0.15) is 0 Å². The molecule has 2 aromatic heterocycles. The van der Waals surface area contributed by atoms with Gasteiger partial charge in [0.15, 0.2) is 5.82 Å². The molecule has 19 heavy (non-hydrogen) atoms. The highest BCUT2D eigenvalue weighted by molar-refractivity contribution is 5.92. The summed E-state index contributed by atoms with van der Waals surface area (Å²) in [6, 6.07) is 3.82. The van der Waals surface area contributed by atoms with Crippen molar-refractivity contribution in [2.24, 2.45) is 5.84 Å². The molecule has 1 amide bonds. The number of pyridine rings is 1. The molecule has 0 aliphatic rings. The monoisotopic (exact) mass is 258 g/mol. The molecule has 0 spiro atoms. The Bertz CT molecular complexity index is 545. The average molecular weight is 258 g/mol. The van der Waals surface area contributed by atoms with Gasteiger partial charge in [0.25, 0.3) is 5.91 Å². The zero-order chi connectivity index (χ0) is 13.5. The second-order valence-corrected chi connectivity index (χ2v) is 3.80. The van der Waals surface area contributed by atoms with E-state index in [2.05, 4.69) is 25.7 Å². The maximum Gasteiger partial charge on any atom is 0.271 e. The summed E-state index contributed by atoms with van der Waals surface area (Å²) in [6.07, 6.45) is 7.02. The van der Waals surface area contributed by atoms with Gasteiger partial charge >= 0.3 is 0 Å². The van der Waals surface area contributed by atoms with Crippen LogP contribution in [0.25, 0.3) is 0 Å². The van der Waals surface area contributed by atoms with Crippen molar-refractivity contribution in [1.82, 2.24) is 20.3 Å². The van der Waals surface area contributed by atoms with Crippen LogP contribution < -0.4 is 16.6 Å². The van der Waals surface area contributed by atoms with E-state index in [0.29, 0.717) is 18.8 Å². The van der Waals surface area contributed by atoms with E-state index in [9.17, 15) is 4.79 Å². The van der Waals surface area contributed by atoms with Gasteiger partial charge in [-0.15, -0.1) is 0 Å². The Kier molecular flexibility index (Phi) is 4.35. The van der Waals surface area contributed by atoms with Crippen LogP contribution in [0.4, 0.5) is 5.82 Å². The van der Waals surface area contributed by atoms with Crippen LogP contribution in [0, 0.1) is 0 Å². The van der Waals surface area contributed by atoms with E-state index in [0.717, 1.165) is 5.56 Å². The molecule has 0 fully saturated rings. The van der Waals surface area contributed by atoms with E-state index in [4.69, 9.17) is 5.84 Å². The van der Waals surface area contributed by atoms with Crippen LogP contribution >= 0.6 is 0 Å². The molecule has 0 bridgehead atoms. The van der Waals surface area contributed by atoms with Crippen molar-refractivity contribution >= 4 is 11.7 Å². The number of nitrogens with two attached hydrogens (primary N) is 1. The van der Waals surface area contributed by atoms with Gasteiger partial charge in [0.1, 0.15) is 5.69 Å². The predicted octanol–water partition coefficient (Wildman–Crippen LogP) is 0.130. The largest absolute Gasteiger partial charge is 0.350 e. The van der Waals surface area contributed by atoms with E-state index in [1.165, 1.54) is 12.4 Å². The number of rotatable bonds is 5.